The van der Waals surface area contributed by atoms with E-state index in [1.54, 1.807) is 23.5 Å². The van der Waals surface area contributed by atoms with Crippen LogP contribution in [0.15, 0.2) is 47.8 Å². The van der Waals surface area contributed by atoms with E-state index in [4.69, 9.17) is 4.74 Å². The quantitative estimate of drug-likeness (QED) is 0.419. The molecule has 1 heterocycles. The van der Waals surface area contributed by atoms with Crippen LogP contribution in [0.3, 0.4) is 0 Å². The monoisotopic (exact) mass is 426 g/mol. The third kappa shape index (κ3) is 5.29. The zero-order valence-electron chi connectivity index (χ0n) is 17.6. The highest BCUT2D eigenvalue weighted by Gasteiger charge is 2.12. The maximum atomic E-state index is 9.44. The molecule has 2 aromatic carbocycles. The summed E-state index contributed by atoms with van der Waals surface area (Å²) in [5, 5.41) is 30.1. The number of benzene rings is 2. The highest BCUT2D eigenvalue weighted by Crippen LogP contribution is 2.33. The summed E-state index contributed by atoms with van der Waals surface area (Å²) in [6.07, 6.45) is 1.82. The summed E-state index contributed by atoms with van der Waals surface area (Å²) in [6, 6.07) is 14.1. The number of aliphatic hydroxyl groups is 3. The number of hydrogen-bond donors (Lipinski definition) is 3. The maximum Gasteiger partial charge on any atom is 0.120 e. The van der Waals surface area contributed by atoms with Gasteiger partial charge in [0.05, 0.1) is 13.2 Å². The smallest absolute Gasteiger partial charge is 0.120 e. The minimum Gasteiger partial charge on any atom is -0.489 e. The summed E-state index contributed by atoms with van der Waals surface area (Å²) in [5.41, 5.74) is 6.25. The number of thiophene rings is 1. The molecular formula is C25H30O4S. The van der Waals surface area contributed by atoms with Crippen molar-refractivity contribution in [2.24, 2.45) is 0 Å². The van der Waals surface area contributed by atoms with Crippen LogP contribution in [0.5, 0.6) is 5.75 Å². The van der Waals surface area contributed by atoms with Gasteiger partial charge in [-0.15, -0.1) is 11.3 Å². The zero-order valence-corrected chi connectivity index (χ0v) is 18.4. The highest BCUT2D eigenvalue weighted by atomic mass is 32.1. The lowest BCUT2D eigenvalue weighted by Gasteiger charge is -2.16. The molecule has 5 heteroatoms. The normalized spacial score (nSPS) is 12.2. The molecule has 0 aliphatic heterocycles. The Morgan fingerprint density at radius 1 is 0.967 bits per heavy atom. The molecule has 0 radical (unpaired) electrons. The molecule has 160 valence electrons. The van der Waals surface area contributed by atoms with E-state index in [9.17, 15) is 15.3 Å². The lowest BCUT2D eigenvalue weighted by molar-refractivity contribution is 0.257. The van der Waals surface area contributed by atoms with Crippen LogP contribution in [-0.4, -0.2) is 21.9 Å². The molecule has 4 nitrogen and oxygen atoms in total. The van der Waals surface area contributed by atoms with Crippen LogP contribution in [0, 0.1) is 6.92 Å². The van der Waals surface area contributed by atoms with Gasteiger partial charge >= 0.3 is 0 Å². The van der Waals surface area contributed by atoms with E-state index in [1.807, 2.05) is 6.07 Å². The van der Waals surface area contributed by atoms with Crippen LogP contribution in [-0.2, 0) is 19.8 Å². The molecule has 0 aliphatic rings. The molecule has 0 spiro atoms. The van der Waals surface area contributed by atoms with Crippen molar-refractivity contribution < 1.29 is 20.1 Å². The SMILES string of the molecule is CCC(CCO)c1ccc(-c2cc(COc3ccc(CO)c(CO)c3)cs2)c(C)c1. The van der Waals surface area contributed by atoms with Gasteiger partial charge in [0, 0.05) is 17.0 Å². The van der Waals surface area contributed by atoms with Crippen LogP contribution < -0.4 is 4.74 Å². The predicted molar refractivity (Wildman–Crippen MR) is 122 cm³/mol. The van der Waals surface area contributed by atoms with Crippen molar-refractivity contribution in [3.63, 3.8) is 0 Å². The van der Waals surface area contributed by atoms with Gasteiger partial charge < -0.3 is 20.1 Å². The average Bonchev–Trinajstić information content (AvgIpc) is 3.24. The minimum absolute atomic E-state index is 0.0960. The predicted octanol–water partition coefficient (Wildman–Crippen LogP) is 5.16. The summed E-state index contributed by atoms with van der Waals surface area (Å²) < 4.78 is 5.90. The van der Waals surface area contributed by atoms with Crippen molar-refractivity contribution in [2.45, 2.75) is 52.4 Å². The fourth-order valence-corrected chi connectivity index (χ4v) is 4.72. The third-order valence-corrected chi connectivity index (χ3v) is 6.55. The van der Waals surface area contributed by atoms with Gasteiger partial charge in [0.1, 0.15) is 12.4 Å². The van der Waals surface area contributed by atoms with Crippen molar-refractivity contribution in [1.29, 1.82) is 0 Å². The number of aliphatic hydroxyl groups excluding tert-OH is 3. The van der Waals surface area contributed by atoms with E-state index in [0.29, 0.717) is 29.4 Å². The van der Waals surface area contributed by atoms with Gasteiger partial charge in [-0.3, -0.25) is 0 Å². The Morgan fingerprint density at radius 3 is 2.43 bits per heavy atom. The number of ether oxygens (including phenoxy) is 1. The first kappa shape index (κ1) is 22.5. The second-order valence-electron chi connectivity index (χ2n) is 7.55. The molecule has 30 heavy (non-hydrogen) atoms. The first-order valence-electron chi connectivity index (χ1n) is 10.3. The van der Waals surface area contributed by atoms with Crippen molar-refractivity contribution in [3.05, 3.63) is 75.7 Å². The standard InChI is InChI=1S/C25H30O4S/c1-3-19(8-9-26)20-5-7-24(17(2)10-20)25-11-18(16-30-25)15-29-23-6-4-21(13-27)22(12-23)14-28/h4-7,10-12,16,19,26-28H,3,8-9,13-15H2,1-2H3. The van der Waals surface area contributed by atoms with E-state index < -0.39 is 0 Å². The van der Waals surface area contributed by atoms with Gasteiger partial charge in [-0.05, 0) is 77.1 Å². The average molecular weight is 427 g/mol. The third-order valence-electron chi connectivity index (χ3n) is 5.54. The van der Waals surface area contributed by atoms with Gasteiger partial charge in [-0.1, -0.05) is 31.2 Å². The van der Waals surface area contributed by atoms with E-state index >= 15 is 0 Å². The second-order valence-corrected chi connectivity index (χ2v) is 8.46. The van der Waals surface area contributed by atoms with Gasteiger partial charge in [-0.2, -0.15) is 0 Å². The molecule has 0 amide bonds. The Balaban J connectivity index is 1.70. The molecule has 0 saturated heterocycles. The first-order chi connectivity index (χ1) is 14.6. The molecule has 3 aromatic rings. The Labute approximate surface area is 182 Å². The Bertz CT molecular complexity index is 964. The van der Waals surface area contributed by atoms with Crippen molar-refractivity contribution in [1.82, 2.24) is 0 Å². The summed E-state index contributed by atoms with van der Waals surface area (Å²) in [5.74, 6) is 1.08. The maximum absolute atomic E-state index is 9.44. The molecule has 3 rings (SSSR count). The van der Waals surface area contributed by atoms with Crippen LogP contribution in [0.2, 0.25) is 0 Å². The molecule has 3 N–H and O–H groups in total. The molecule has 1 atom stereocenters. The number of aryl methyl sites for hydroxylation is 1. The van der Waals surface area contributed by atoms with Crippen LogP contribution in [0.25, 0.3) is 10.4 Å². The highest BCUT2D eigenvalue weighted by molar-refractivity contribution is 7.13. The van der Waals surface area contributed by atoms with Crippen LogP contribution >= 0.6 is 11.3 Å². The lowest BCUT2D eigenvalue weighted by atomic mass is 9.91. The number of rotatable bonds is 10. The fraction of sp³-hybridized carbons (Fsp3) is 0.360. The minimum atomic E-state index is -0.123. The molecule has 1 unspecified atom stereocenters. The number of hydrogen-bond acceptors (Lipinski definition) is 5. The van der Waals surface area contributed by atoms with Gasteiger partial charge in [0.15, 0.2) is 0 Å². The molecule has 1 aromatic heterocycles. The van der Waals surface area contributed by atoms with Crippen molar-refractivity contribution >= 4 is 11.3 Å². The topological polar surface area (TPSA) is 69.9 Å². The Kier molecular flexibility index (Phi) is 8.05. The Hall–Kier alpha value is -2.18. The summed E-state index contributed by atoms with van der Waals surface area (Å²) in [6.45, 7) is 4.75. The molecular weight excluding hydrogens is 396 g/mol. The second kappa shape index (κ2) is 10.7. The van der Waals surface area contributed by atoms with Gasteiger partial charge in [-0.25, -0.2) is 0 Å². The Morgan fingerprint density at radius 2 is 1.77 bits per heavy atom. The van der Waals surface area contributed by atoms with Crippen molar-refractivity contribution in [3.8, 4) is 16.2 Å². The molecule has 0 saturated carbocycles. The largest absolute Gasteiger partial charge is 0.489 e. The molecule has 0 bridgehead atoms. The zero-order chi connectivity index (χ0) is 21.5. The van der Waals surface area contributed by atoms with Crippen LogP contribution in [0.1, 0.15) is 53.5 Å². The summed E-state index contributed by atoms with van der Waals surface area (Å²) >= 11 is 1.70. The lowest BCUT2D eigenvalue weighted by Crippen LogP contribution is -2.01. The van der Waals surface area contributed by atoms with E-state index in [-0.39, 0.29) is 19.8 Å². The molecule has 0 aliphatic carbocycles. The summed E-state index contributed by atoms with van der Waals surface area (Å²) in [7, 11) is 0. The van der Waals surface area contributed by atoms with Crippen LogP contribution in [0.4, 0.5) is 0 Å². The van der Waals surface area contributed by atoms with E-state index in [1.165, 1.54) is 21.6 Å². The first-order valence-corrected chi connectivity index (χ1v) is 11.2. The van der Waals surface area contributed by atoms with Gasteiger partial charge in [0.25, 0.3) is 0 Å². The fourth-order valence-electron chi connectivity index (χ4n) is 3.73. The summed E-state index contributed by atoms with van der Waals surface area (Å²) in [4.78, 5) is 1.21. The van der Waals surface area contributed by atoms with Gasteiger partial charge in [0.2, 0.25) is 0 Å². The van der Waals surface area contributed by atoms with Crippen molar-refractivity contribution in [2.75, 3.05) is 6.61 Å². The molecule has 0 fully saturated rings. The van der Waals surface area contributed by atoms with E-state index in [2.05, 4.69) is 43.5 Å². The van der Waals surface area contributed by atoms with E-state index in [0.717, 1.165) is 18.4 Å².